The van der Waals surface area contributed by atoms with Gasteiger partial charge in [-0.3, -0.25) is 9.36 Å². The topological polar surface area (TPSA) is 123 Å². The second-order valence-corrected chi connectivity index (χ2v) is 6.65. The number of benzene rings is 1. The third-order valence-electron chi connectivity index (χ3n) is 4.92. The average molecular weight is 373 g/mol. The first kappa shape index (κ1) is 17.8. The molecule has 9 nitrogen and oxygen atoms in total. The molecule has 0 spiro atoms. The quantitative estimate of drug-likeness (QED) is 0.684. The molecule has 3 N–H and O–H groups in total. The lowest BCUT2D eigenvalue weighted by molar-refractivity contribution is -0.208. The van der Waals surface area contributed by atoms with Gasteiger partial charge in [0.2, 0.25) is 0 Å². The van der Waals surface area contributed by atoms with Crippen molar-refractivity contribution in [3.63, 3.8) is 0 Å². The highest BCUT2D eigenvalue weighted by Crippen LogP contribution is 2.40. The van der Waals surface area contributed by atoms with Crippen LogP contribution in [0.1, 0.15) is 23.0 Å². The molecule has 2 fully saturated rings. The highest BCUT2D eigenvalue weighted by Gasteiger charge is 2.56. The Morgan fingerprint density at radius 2 is 2.11 bits per heavy atom. The standard InChI is InChI=1S/C18H19N3O6/c22-9-18-10-26-12(15(18)23)8-14(27-18)21-7-6-13(20-17(21)25)19-16(24)11-4-2-1-3-5-11/h1-7,12,14-15,22-23H,8-10H2,(H,19,20,24,25)/t12?,14-,15+,18+/m1/s1. The van der Waals surface area contributed by atoms with Gasteiger partial charge >= 0.3 is 5.69 Å². The summed E-state index contributed by atoms with van der Waals surface area (Å²) in [5.41, 5.74) is -1.41. The van der Waals surface area contributed by atoms with E-state index >= 15 is 0 Å². The molecule has 4 rings (SSSR count). The Labute approximate surface area is 154 Å². The summed E-state index contributed by atoms with van der Waals surface area (Å²) < 4.78 is 12.5. The summed E-state index contributed by atoms with van der Waals surface area (Å²) in [4.78, 5) is 28.5. The monoisotopic (exact) mass is 373 g/mol. The number of rotatable bonds is 4. The summed E-state index contributed by atoms with van der Waals surface area (Å²) in [6.45, 7) is -0.367. The van der Waals surface area contributed by atoms with Gasteiger partial charge in [0.05, 0.1) is 19.3 Å². The van der Waals surface area contributed by atoms with Crippen LogP contribution < -0.4 is 11.0 Å². The molecule has 0 aliphatic carbocycles. The summed E-state index contributed by atoms with van der Waals surface area (Å²) in [6.07, 6.45) is -0.498. The van der Waals surface area contributed by atoms with Crippen molar-refractivity contribution < 1.29 is 24.5 Å². The van der Waals surface area contributed by atoms with Gasteiger partial charge < -0.3 is 25.0 Å². The molecule has 1 amide bonds. The van der Waals surface area contributed by atoms with E-state index in [-0.39, 0.29) is 24.8 Å². The number of nitrogens with one attached hydrogen (secondary N) is 1. The molecule has 2 aliphatic rings. The van der Waals surface area contributed by atoms with Crippen LogP contribution in [0.5, 0.6) is 0 Å². The van der Waals surface area contributed by atoms with Crippen LogP contribution in [0, 0.1) is 0 Å². The highest BCUT2D eigenvalue weighted by molar-refractivity contribution is 6.03. The van der Waals surface area contributed by atoms with Gasteiger partial charge in [0.1, 0.15) is 23.8 Å². The van der Waals surface area contributed by atoms with Crippen LogP contribution >= 0.6 is 0 Å². The Bertz CT molecular complexity index is 901. The minimum Gasteiger partial charge on any atom is -0.393 e. The maximum atomic E-state index is 12.4. The molecule has 0 radical (unpaired) electrons. The van der Waals surface area contributed by atoms with Crippen LogP contribution in [-0.4, -0.2) is 56.7 Å². The number of aromatic nitrogens is 2. The molecule has 142 valence electrons. The van der Waals surface area contributed by atoms with E-state index in [1.807, 2.05) is 0 Å². The molecule has 4 atom stereocenters. The van der Waals surface area contributed by atoms with Crippen molar-refractivity contribution in [1.82, 2.24) is 9.55 Å². The smallest absolute Gasteiger partial charge is 0.351 e. The maximum absolute atomic E-state index is 12.4. The molecule has 27 heavy (non-hydrogen) atoms. The number of ether oxygens (including phenoxy) is 2. The summed E-state index contributed by atoms with van der Waals surface area (Å²) in [7, 11) is 0. The molecule has 1 aromatic heterocycles. The van der Waals surface area contributed by atoms with Crippen molar-refractivity contribution in [3.05, 3.63) is 58.6 Å². The van der Waals surface area contributed by atoms with Crippen LogP contribution in [0.3, 0.4) is 0 Å². The fraction of sp³-hybridized carbons (Fsp3) is 0.389. The van der Waals surface area contributed by atoms with Crippen molar-refractivity contribution in [2.45, 2.75) is 30.5 Å². The van der Waals surface area contributed by atoms with Crippen LogP contribution in [0.4, 0.5) is 5.82 Å². The van der Waals surface area contributed by atoms with Crippen molar-refractivity contribution in [2.24, 2.45) is 0 Å². The van der Waals surface area contributed by atoms with E-state index in [0.717, 1.165) is 0 Å². The molecule has 9 heteroatoms. The van der Waals surface area contributed by atoms with Crippen molar-refractivity contribution >= 4 is 11.7 Å². The molecule has 0 saturated carbocycles. The van der Waals surface area contributed by atoms with E-state index in [2.05, 4.69) is 10.3 Å². The number of hydrogen-bond acceptors (Lipinski definition) is 7. The number of anilines is 1. The van der Waals surface area contributed by atoms with E-state index in [9.17, 15) is 19.8 Å². The van der Waals surface area contributed by atoms with E-state index in [0.29, 0.717) is 5.56 Å². The Balaban J connectivity index is 1.53. The summed E-state index contributed by atoms with van der Waals surface area (Å²) >= 11 is 0. The number of carbonyl (C=O) groups is 1. The van der Waals surface area contributed by atoms with Crippen LogP contribution in [-0.2, 0) is 9.47 Å². The van der Waals surface area contributed by atoms with Crippen molar-refractivity contribution in [2.75, 3.05) is 18.5 Å². The van der Waals surface area contributed by atoms with Gasteiger partial charge in [-0.1, -0.05) is 18.2 Å². The van der Waals surface area contributed by atoms with Crippen molar-refractivity contribution in [3.8, 4) is 0 Å². The lowest BCUT2D eigenvalue weighted by Crippen LogP contribution is -2.55. The summed E-state index contributed by atoms with van der Waals surface area (Å²) in [5, 5.41) is 22.4. The molecule has 1 unspecified atom stereocenters. The van der Waals surface area contributed by atoms with Gasteiger partial charge in [-0.05, 0) is 18.2 Å². The molecular weight excluding hydrogens is 354 g/mol. The van der Waals surface area contributed by atoms with E-state index in [1.165, 1.54) is 16.8 Å². The zero-order chi connectivity index (χ0) is 19.0. The number of nitrogens with zero attached hydrogens (tertiary/aromatic N) is 2. The van der Waals surface area contributed by atoms with Gasteiger partial charge in [-0.25, -0.2) is 4.79 Å². The Kier molecular flexibility index (Phi) is 4.52. The fourth-order valence-electron chi connectivity index (χ4n) is 3.41. The minimum absolute atomic E-state index is 0.0548. The largest absolute Gasteiger partial charge is 0.393 e. The Morgan fingerprint density at radius 3 is 2.81 bits per heavy atom. The fourth-order valence-corrected chi connectivity index (χ4v) is 3.41. The zero-order valence-electron chi connectivity index (χ0n) is 14.3. The average Bonchev–Trinajstić information content (AvgIpc) is 2.87. The summed E-state index contributed by atoms with van der Waals surface area (Å²) in [6, 6.07) is 10.1. The number of aliphatic hydroxyl groups is 2. The minimum atomic E-state index is -1.24. The molecule has 2 bridgehead atoms. The predicted molar refractivity (Wildman–Crippen MR) is 93.2 cm³/mol. The number of carbonyl (C=O) groups excluding carboxylic acids is 1. The molecule has 1 aromatic carbocycles. The lowest BCUT2D eigenvalue weighted by Gasteiger charge is -2.39. The van der Waals surface area contributed by atoms with Crippen molar-refractivity contribution in [1.29, 1.82) is 0 Å². The van der Waals surface area contributed by atoms with Crippen LogP contribution in [0.2, 0.25) is 0 Å². The van der Waals surface area contributed by atoms with Gasteiger partial charge in [0, 0.05) is 18.2 Å². The Morgan fingerprint density at radius 1 is 1.33 bits per heavy atom. The second kappa shape index (κ2) is 6.86. The van der Waals surface area contributed by atoms with E-state index in [4.69, 9.17) is 9.47 Å². The first-order valence-corrected chi connectivity index (χ1v) is 8.56. The first-order chi connectivity index (χ1) is 13.0. The maximum Gasteiger partial charge on any atom is 0.351 e. The second-order valence-electron chi connectivity index (χ2n) is 6.65. The van der Waals surface area contributed by atoms with Gasteiger partial charge in [0.25, 0.3) is 5.91 Å². The number of hydrogen-bond donors (Lipinski definition) is 3. The highest BCUT2D eigenvalue weighted by atomic mass is 16.6. The third-order valence-corrected chi connectivity index (χ3v) is 4.92. The third kappa shape index (κ3) is 3.15. The SMILES string of the molecule is O=C(Nc1ccn([C@H]2CC3OC[C@](CO)(O2)[C@H]3O)c(=O)n1)c1ccccc1. The van der Waals surface area contributed by atoms with E-state index in [1.54, 1.807) is 30.3 Å². The van der Waals surface area contributed by atoms with Gasteiger partial charge in [0.15, 0.2) is 0 Å². The first-order valence-electron chi connectivity index (χ1n) is 8.56. The summed E-state index contributed by atoms with van der Waals surface area (Å²) in [5.74, 6) is -0.250. The molecule has 3 heterocycles. The molecule has 2 aliphatic heterocycles. The van der Waals surface area contributed by atoms with Crippen LogP contribution in [0.25, 0.3) is 0 Å². The van der Waals surface area contributed by atoms with Crippen LogP contribution in [0.15, 0.2) is 47.4 Å². The van der Waals surface area contributed by atoms with Gasteiger partial charge in [-0.2, -0.15) is 4.98 Å². The number of fused-ring (bicyclic) bond motifs is 2. The van der Waals surface area contributed by atoms with E-state index < -0.39 is 36.3 Å². The normalized spacial score (nSPS) is 29.5. The predicted octanol–water partition coefficient (Wildman–Crippen LogP) is -0.0947. The molecule has 2 saturated heterocycles. The molecular formula is C18H19N3O6. The number of amides is 1. The van der Waals surface area contributed by atoms with Gasteiger partial charge in [-0.15, -0.1) is 0 Å². The zero-order valence-corrected chi connectivity index (χ0v) is 14.3. The Hall–Kier alpha value is -2.59. The lowest BCUT2D eigenvalue weighted by atomic mass is 9.92. The molecule has 2 aromatic rings. The number of aliphatic hydroxyl groups excluding tert-OH is 2.